The highest BCUT2D eigenvalue weighted by atomic mass is 79.9. The summed E-state index contributed by atoms with van der Waals surface area (Å²) in [6, 6.07) is 7.36. The molecule has 100 valence electrons. The monoisotopic (exact) mass is 340 g/mol. The summed E-state index contributed by atoms with van der Waals surface area (Å²) in [6.45, 7) is 0. The van der Waals surface area contributed by atoms with Crippen LogP contribution in [-0.4, -0.2) is 20.0 Å². The van der Waals surface area contributed by atoms with E-state index in [0.717, 1.165) is 14.9 Å². The fourth-order valence-corrected chi connectivity index (χ4v) is 2.90. The van der Waals surface area contributed by atoms with Crippen LogP contribution in [0.3, 0.4) is 0 Å². The van der Waals surface area contributed by atoms with Crippen LogP contribution in [-0.2, 0) is 6.42 Å². The molecular formula is C14H13BrO3S. The van der Waals surface area contributed by atoms with Crippen molar-refractivity contribution in [1.82, 2.24) is 0 Å². The number of rotatable bonds is 5. The van der Waals surface area contributed by atoms with Crippen molar-refractivity contribution >= 4 is 33.0 Å². The molecule has 1 heterocycles. The Bertz CT molecular complexity index is 592. The molecule has 0 aliphatic rings. The molecule has 1 aromatic carbocycles. The van der Waals surface area contributed by atoms with Crippen molar-refractivity contribution in [3.05, 3.63) is 44.6 Å². The highest BCUT2D eigenvalue weighted by Gasteiger charge is 2.11. The van der Waals surface area contributed by atoms with Gasteiger partial charge in [0.1, 0.15) is 0 Å². The van der Waals surface area contributed by atoms with Crippen molar-refractivity contribution < 1.29 is 14.3 Å². The number of ketones is 1. The highest BCUT2D eigenvalue weighted by Crippen LogP contribution is 2.28. The lowest BCUT2D eigenvalue weighted by atomic mass is 10.0. The fourth-order valence-electron chi connectivity index (χ4n) is 1.73. The first-order chi connectivity index (χ1) is 9.13. The van der Waals surface area contributed by atoms with E-state index in [1.54, 1.807) is 14.2 Å². The molecule has 0 fully saturated rings. The first-order valence-corrected chi connectivity index (χ1v) is 7.29. The predicted octanol–water partition coefficient (Wildman–Crippen LogP) is 3.95. The number of Topliss-reactive ketones (excluding diaryl/α,β-unsaturated/α-hetero) is 1. The number of methoxy groups -OCH3 is 2. The molecule has 19 heavy (non-hydrogen) atoms. The molecule has 1 aromatic heterocycles. The first-order valence-electron chi connectivity index (χ1n) is 5.62. The number of hydrogen-bond donors (Lipinski definition) is 0. The molecule has 2 rings (SSSR count). The van der Waals surface area contributed by atoms with Crippen molar-refractivity contribution in [2.24, 2.45) is 0 Å². The van der Waals surface area contributed by atoms with E-state index >= 15 is 0 Å². The maximum atomic E-state index is 12.1. The Labute approximate surface area is 124 Å². The van der Waals surface area contributed by atoms with E-state index in [9.17, 15) is 4.79 Å². The van der Waals surface area contributed by atoms with Gasteiger partial charge in [0.15, 0.2) is 17.3 Å². The summed E-state index contributed by atoms with van der Waals surface area (Å²) in [5.74, 6) is 1.39. The van der Waals surface area contributed by atoms with Gasteiger partial charge < -0.3 is 9.47 Å². The van der Waals surface area contributed by atoms with E-state index in [0.29, 0.717) is 17.9 Å². The minimum atomic E-state index is 0.0918. The molecule has 0 radical (unpaired) electrons. The third kappa shape index (κ3) is 3.36. The van der Waals surface area contributed by atoms with Gasteiger partial charge in [-0.15, -0.1) is 11.3 Å². The number of benzene rings is 1. The Balaban J connectivity index is 2.17. The summed E-state index contributed by atoms with van der Waals surface area (Å²) in [7, 11) is 3.17. The lowest BCUT2D eigenvalue weighted by molar-refractivity contribution is 0.0993. The first kappa shape index (κ1) is 14.1. The summed E-state index contributed by atoms with van der Waals surface area (Å²) in [5, 5.41) is 1.85. The molecular weight excluding hydrogens is 328 g/mol. The molecule has 3 nitrogen and oxygen atoms in total. The summed E-state index contributed by atoms with van der Waals surface area (Å²) < 4.78 is 11.4. The van der Waals surface area contributed by atoms with Gasteiger partial charge in [0.25, 0.3) is 0 Å². The van der Waals surface area contributed by atoms with Gasteiger partial charge in [0.2, 0.25) is 0 Å². The second kappa shape index (κ2) is 6.21. The van der Waals surface area contributed by atoms with E-state index < -0.39 is 0 Å². The number of thiophene rings is 1. The van der Waals surface area contributed by atoms with Gasteiger partial charge in [0, 0.05) is 17.4 Å². The SMILES string of the molecule is COc1ccc(CC(=O)c2csc(Br)c2)cc1OC. The molecule has 0 spiro atoms. The maximum absolute atomic E-state index is 12.1. The standard InChI is InChI=1S/C14H13BrO3S/c1-17-12-4-3-9(6-13(12)18-2)5-11(16)10-7-14(15)19-8-10/h3-4,6-8H,5H2,1-2H3. The van der Waals surface area contributed by atoms with Crippen molar-refractivity contribution in [2.45, 2.75) is 6.42 Å². The number of carbonyl (C=O) groups excluding carboxylic acids is 1. The minimum Gasteiger partial charge on any atom is -0.493 e. The number of halogens is 1. The molecule has 0 saturated carbocycles. The van der Waals surface area contributed by atoms with E-state index in [-0.39, 0.29) is 5.78 Å². The molecule has 0 bridgehead atoms. The number of ether oxygens (including phenoxy) is 2. The predicted molar refractivity (Wildman–Crippen MR) is 79.6 cm³/mol. The van der Waals surface area contributed by atoms with Crippen LogP contribution < -0.4 is 9.47 Å². The topological polar surface area (TPSA) is 35.5 Å². The number of hydrogen-bond acceptors (Lipinski definition) is 4. The van der Waals surface area contributed by atoms with Gasteiger partial charge in [-0.1, -0.05) is 6.07 Å². The molecule has 2 aromatic rings. The molecule has 0 aliphatic heterocycles. The fraction of sp³-hybridized carbons (Fsp3) is 0.214. The zero-order valence-corrected chi connectivity index (χ0v) is 13.0. The van der Waals surface area contributed by atoms with E-state index in [4.69, 9.17) is 9.47 Å². The zero-order valence-electron chi connectivity index (χ0n) is 10.6. The molecule has 0 atom stereocenters. The third-order valence-corrected chi connectivity index (χ3v) is 4.21. The normalized spacial score (nSPS) is 10.3. The molecule has 0 amide bonds. The second-order valence-corrected chi connectivity index (χ2v) is 6.22. The Morgan fingerprint density at radius 1 is 1.21 bits per heavy atom. The average Bonchev–Trinajstić information content (AvgIpc) is 2.85. The van der Waals surface area contributed by atoms with Gasteiger partial charge in [-0.3, -0.25) is 4.79 Å². The average molecular weight is 341 g/mol. The quantitative estimate of drug-likeness (QED) is 0.773. The van der Waals surface area contributed by atoms with Crippen LogP contribution in [0, 0.1) is 0 Å². The molecule has 5 heteroatoms. The molecule has 0 N–H and O–H groups in total. The Morgan fingerprint density at radius 2 is 1.95 bits per heavy atom. The van der Waals surface area contributed by atoms with Crippen LogP contribution in [0.4, 0.5) is 0 Å². The maximum Gasteiger partial charge on any atom is 0.168 e. The minimum absolute atomic E-state index is 0.0918. The van der Waals surface area contributed by atoms with Gasteiger partial charge in [-0.2, -0.15) is 0 Å². The van der Waals surface area contributed by atoms with Crippen molar-refractivity contribution in [3.8, 4) is 11.5 Å². The van der Waals surface area contributed by atoms with Crippen LogP contribution in [0.25, 0.3) is 0 Å². The Morgan fingerprint density at radius 3 is 2.53 bits per heavy atom. The Hall–Kier alpha value is -1.33. The van der Waals surface area contributed by atoms with E-state index in [1.165, 1.54) is 11.3 Å². The van der Waals surface area contributed by atoms with Gasteiger partial charge in [-0.05, 0) is 39.7 Å². The zero-order chi connectivity index (χ0) is 13.8. The molecule has 0 unspecified atom stereocenters. The summed E-state index contributed by atoms with van der Waals surface area (Å²) >= 11 is 4.87. The lowest BCUT2D eigenvalue weighted by Gasteiger charge is -2.09. The molecule has 0 aliphatic carbocycles. The van der Waals surface area contributed by atoms with Crippen LogP contribution in [0.1, 0.15) is 15.9 Å². The van der Waals surface area contributed by atoms with Gasteiger partial charge >= 0.3 is 0 Å². The molecule has 0 saturated heterocycles. The Kier molecular flexibility index (Phi) is 4.61. The van der Waals surface area contributed by atoms with Crippen LogP contribution in [0.15, 0.2) is 33.4 Å². The van der Waals surface area contributed by atoms with Gasteiger partial charge in [-0.25, -0.2) is 0 Å². The lowest BCUT2D eigenvalue weighted by Crippen LogP contribution is -2.02. The van der Waals surface area contributed by atoms with Crippen LogP contribution in [0.5, 0.6) is 11.5 Å². The van der Waals surface area contributed by atoms with Crippen LogP contribution >= 0.6 is 27.3 Å². The van der Waals surface area contributed by atoms with Crippen molar-refractivity contribution in [2.75, 3.05) is 14.2 Å². The summed E-state index contributed by atoms with van der Waals surface area (Å²) in [5.41, 5.74) is 1.64. The van der Waals surface area contributed by atoms with E-state index in [1.807, 2.05) is 29.6 Å². The highest BCUT2D eigenvalue weighted by molar-refractivity contribution is 9.11. The summed E-state index contributed by atoms with van der Waals surface area (Å²) in [6.07, 6.45) is 0.351. The second-order valence-electron chi connectivity index (χ2n) is 3.93. The van der Waals surface area contributed by atoms with Crippen LogP contribution in [0.2, 0.25) is 0 Å². The van der Waals surface area contributed by atoms with E-state index in [2.05, 4.69) is 15.9 Å². The van der Waals surface area contributed by atoms with Crippen molar-refractivity contribution in [3.63, 3.8) is 0 Å². The third-order valence-electron chi connectivity index (χ3n) is 2.70. The smallest absolute Gasteiger partial charge is 0.168 e. The largest absolute Gasteiger partial charge is 0.493 e. The van der Waals surface area contributed by atoms with Gasteiger partial charge in [0.05, 0.1) is 18.0 Å². The summed E-state index contributed by atoms with van der Waals surface area (Å²) in [4.78, 5) is 12.1. The van der Waals surface area contributed by atoms with Crippen molar-refractivity contribution in [1.29, 1.82) is 0 Å². The number of carbonyl (C=O) groups is 1.